The molecule has 0 spiro atoms. The molecule has 0 aliphatic carbocycles. The Labute approximate surface area is 163 Å². The maximum Gasteiger partial charge on any atom is 0.387 e. The molecule has 1 aromatic carbocycles. The van der Waals surface area contributed by atoms with E-state index in [2.05, 4.69) is 15.2 Å². The number of rotatable bonds is 4. The molecular weight excluding hydrogens is 392 g/mol. The first kappa shape index (κ1) is 19.0. The van der Waals surface area contributed by atoms with Crippen LogP contribution in [0.25, 0.3) is 0 Å². The van der Waals surface area contributed by atoms with Crippen LogP contribution in [0.1, 0.15) is 35.3 Å². The minimum atomic E-state index is -2.94. The predicted molar refractivity (Wildman–Crippen MR) is 100 cm³/mol. The highest BCUT2D eigenvalue weighted by molar-refractivity contribution is 8.00. The molecule has 1 saturated heterocycles. The van der Waals surface area contributed by atoms with Gasteiger partial charge in [-0.05, 0) is 30.5 Å². The van der Waals surface area contributed by atoms with Gasteiger partial charge in [-0.1, -0.05) is 12.1 Å². The smallest absolute Gasteiger partial charge is 0.387 e. The molecule has 1 fully saturated rings. The van der Waals surface area contributed by atoms with E-state index < -0.39 is 11.9 Å². The summed E-state index contributed by atoms with van der Waals surface area (Å²) in [6, 6.07) is 6.26. The molecule has 1 aromatic heterocycles. The van der Waals surface area contributed by atoms with Crippen LogP contribution in [0.5, 0.6) is 5.75 Å². The number of carbonyl (C=O) groups excluding carboxylic acids is 1. The van der Waals surface area contributed by atoms with Gasteiger partial charge in [0.15, 0.2) is 0 Å². The number of nitrogens with zero attached hydrogens (tertiary/aromatic N) is 1. The summed E-state index contributed by atoms with van der Waals surface area (Å²) in [5.41, 5.74) is 0.731. The average Bonchev–Trinajstić information content (AvgIpc) is 2.88. The van der Waals surface area contributed by atoms with Crippen molar-refractivity contribution in [2.24, 2.45) is 0 Å². The molecule has 150 valence electrons. The van der Waals surface area contributed by atoms with E-state index in [0.29, 0.717) is 30.2 Å². The van der Waals surface area contributed by atoms with Crippen molar-refractivity contribution in [3.63, 3.8) is 0 Å². The van der Waals surface area contributed by atoms with Crippen LogP contribution in [-0.2, 0) is 9.53 Å². The number of aromatic nitrogens is 2. The third kappa shape index (κ3) is 3.79. The van der Waals surface area contributed by atoms with Crippen LogP contribution < -0.4 is 15.6 Å². The molecular formula is C18H19F2N3O4S. The standard InChI is InChI=1S/C18H19F2N3O4S/c19-18(20)27-12-3-1-2-10(8-12)15-14-16(21-13(24)9-28-15)23(22-17(14)25)11-4-6-26-7-5-11/h1-3,8,11,15,18H,4-7,9H2,(H,21,24)(H,22,25)/t15-/m0/s1. The number of hydrogen-bond donors (Lipinski definition) is 2. The molecule has 0 saturated carbocycles. The van der Waals surface area contributed by atoms with Crippen LogP contribution in [0.15, 0.2) is 29.1 Å². The number of carbonyl (C=O) groups is 1. The number of H-pyrrole nitrogens is 1. The summed E-state index contributed by atoms with van der Waals surface area (Å²) in [6.07, 6.45) is 1.45. The lowest BCUT2D eigenvalue weighted by molar-refractivity contribution is -0.113. The zero-order chi connectivity index (χ0) is 19.7. The molecule has 2 aromatic rings. The SMILES string of the molecule is O=C1CS[C@@H](c2cccc(OC(F)F)c2)c2c(n(C3CCOCC3)[nH]c2=O)N1. The molecule has 0 bridgehead atoms. The van der Waals surface area contributed by atoms with E-state index >= 15 is 0 Å². The number of hydrogen-bond acceptors (Lipinski definition) is 5. The topological polar surface area (TPSA) is 85.3 Å². The zero-order valence-corrected chi connectivity index (χ0v) is 15.6. The Kier molecular flexibility index (Phi) is 5.40. The van der Waals surface area contributed by atoms with Gasteiger partial charge in [-0.3, -0.25) is 19.4 Å². The molecule has 0 radical (unpaired) electrons. The molecule has 1 atom stereocenters. The quantitative estimate of drug-likeness (QED) is 0.808. The Morgan fingerprint density at radius 1 is 1.25 bits per heavy atom. The zero-order valence-electron chi connectivity index (χ0n) is 14.8. The number of benzene rings is 1. The Bertz CT molecular complexity index is 924. The maximum atomic E-state index is 12.8. The lowest BCUT2D eigenvalue weighted by Crippen LogP contribution is -2.24. The summed E-state index contributed by atoms with van der Waals surface area (Å²) >= 11 is 1.28. The summed E-state index contributed by atoms with van der Waals surface area (Å²) < 4.78 is 36.7. The van der Waals surface area contributed by atoms with Crippen LogP contribution in [0.3, 0.4) is 0 Å². The van der Waals surface area contributed by atoms with E-state index in [-0.39, 0.29) is 29.0 Å². The summed E-state index contributed by atoms with van der Waals surface area (Å²) in [5, 5.41) is 5.20. The van der Waals surface area contributed by atoms with Gasteiger partial charge in [0.05, 0.1) is 22.6 Å². The number of fused-ring (bicyclic) bond motifs is 1. The fourth-order valence-electron chi connectivity index (χ4n) is 3.58. The number of halogens is 2. The van der Waals surface area contributed by atoms with Crippen molar-refractivity contribution in [3.8, 4) is 5.75 Å². The lowest BCUT2D eigenvalue weighted by Gasteiger charge is -2.25. The minimum absolute atomic E-state index is 0.0125. The van der Waals surface area contributed by atoms with Crippen molar-refractivity contribution >= 4 is 23.5 Å². The molecule has 28 heavy (non-hydrogen) atoms. The number of anilines is 1. The van der Waals surface area contributed by atoms with Crippen LogP contribution >= 0.6 is 11.8 Å². The van der Waals surface area contributed by atoms with Gasteiger partial charge in [-0.25, -0.2) is 0 Å². The Hall–Kier alpha value is -2.33. The maximum absolute atomic E-state index is 12.8. The first-order valence-electron chi connectivity index (χ1n) is 8.91. The first-order valence-corrected chi connectivity index (χ1v) is 9.96. The van der Waals surface area contributed by atoms with Crippen molar-refractivity contribution in [2.45, 2.75) is 30.7 Å². The monoisotopic (exact) mass is 411 g/mol. The molecule has 2 aliphatic heterocycles. The normalized spacial score (nSPS) is 20.5. The van der Waals surface area contributed by atoms with Gasteiger partial charge >= 0.3 is 6.61 Å². The number of nitrogens with one attached hydrogen (secondary N) is 2. The largest absolute Gasteiger partial charge is 0.435 e. The Balaban J connectivity index is 1.76. The van der Waals surface area contributed by atoms with Gasteiger partial charge in [0.2, 0.25) is 5.91 Å². The van der Waals surface area contributed by atoms with E-state index in [0.717, 1.165) is 12.8 Å². The number of aromatic amines is 1. The highest BCUT2D eigenvalue weighted by Crippen LogP contribution is 2.41. The van der Waals surface area contributed by atoms with Crippen molar-refractivity contribution < 1.29 is 23.0 Å². The molecule has 0 unspecified atom stereocenters. The van der Waals surface area contributed by atoms with Gasteiger partial charge in [-0.15, -0.1) is 11.8 Å². The van der Waals surface area contributed by atoms with Crippen LogP contribution in [-0.4, -0.2) is 41.3 Å². The third-order valence-electron chi connectivity index (χ3n) is 4.81. The van der Waals surface area contributed by atoms with Crippen molar-refractivity contribution in [2.75, 3.05) is 24.3 Å². The highest BCUT2D eigenvalue weighted by atomic mass is 32.2. The van der Waals surface area contributed by atoms with Crippen LogP contribution in [0.2, 0.25) is 0 Å². The molecule has 1 amide bonds. The van der Waals surface area contributed by atoms with E-state index in [9.17, 15) is 18.4 Å². The van der Waals surface area contributed by atoms with Gasteiger partial charge in [-0.2, -0.15) is 8.78 Å². The third-order valence-corrected chi connectivity index (χ3v) is 6.08. The fourth-order valence-corrected chi connectivity index (χ4v) is 4.69. The first-order chi connectivity index (χ1) is 13.5. The summed E-state index contributed by atoms with van der Waals surface area (Å²) in [7, 11) is 0. The van der Waals surface area contributed by atoms with E-state index in [1.54, 1.807) is 16.8 Å². The second kappa shape index (κ2) is 7.96. The molecule has 2 N–H and O–H groups in total. The minimum Gasteiger partial charge on any atom is -0.435 e. The van der Waals surface area contributed by atoms with Gasteiger partial charge in [0.1, 0.15) is 11.6 Å². The van der Waals surface area contributed by atoms with Crippen molar-refractivity contribution in [3.05, 3.63) is 45.7 Å². The summed E-state index contributed by atoms with van der Waals surface area (Å²) in [6.45, 7) is -1.77. The highest BCUT2D eigenvalue weighted by Gasteiger charge is 2.32. The average molecular weight is 411 g/mol. The molecule has 4 rings (SSSR count). The van der Waals surface area contributed by atoms with Crippen molar-refractivity contribution in [1.82, 2.24) is 9.78 Å². The Morgan fingerprint density at radius 3 is 2.79 bits per heavy atom. The van der Waals surface area contributed by atoms with Gasteiger partial charge in [0.25, 0.3) is 5.56 Å². The summed E-state index contributed by atoms with van der Waals surface area (Å²) in [4.78, 5) is 25.1. The second-order valence-electron chi connectivity index (χ2n) is 6.61. The number of alkyl halides is 2. The molecule has 10 heteroatoms. The second-order valence-corrected chi connectivity index (χ2v) is 7.70. The van der Waals surface area contributed by atoms with Gasteiger partial charge < -0.3 is 14.8 Å². The lowest BCUT2D eigenvalue weighted by atomic mass is 10.1. The molecule has 2 aliphatic rings. The van der Waals surface area contributed by atoms with E-state index in [1.165, 1.54) is 23.9 Å². The number of amides is 1. The number of thioether (sulfide) groups is 1. The number of ether oxygens (including phenoxy) is 2. The Morgan fingerprint density at radius 2 is 2.04 bits per heavy atom. The van der Waals surface area contributed by atoms with Gasteiger partial charge in [0, 0.05) is 13.2 Å². The van der Waals surface area contributed by atoms with Crippen molar-refractivity contribution in [1.29, 1.82) is 0 Å². The predicted octanol–water partition coefficient (Wildman–Crippen LogP) is 2.90. The van der Waals surface area contributed by atoms with Crippen LogP contribution in [0.4, 0.5) is 14.6 Å². The molecule has 3 heterocycles. The van der Waals surface area contributed by atoms with E-state index in [4.69, 9.17) is 4.74 Å². The summed E-state index contributed by atoms with van der Waals surface area (Å²) in [5.74, 6) is 0.385. The van der Waals surface area contributed by atoms with E-state index in [1.807, 2.05) is 0 Å². The fraction of sp³-hybridized carbons (Fsp3) is 0.444. The van der Waals surface area contributed by atoms with Crippen LogP contribution in [0, 0.1) is 0 Å². The molecule has 7 nitrogen and oxygen atoms in total.